The van der Waals surface area contributed by atoms with Gasteiger partial charge in [0, 0.05) is 13.2 Å². The molecule has 0 spiro atoms. The van der Waals surface area contributed by atoms with Gasteiger partial charge in [0.25, 0.3) is 13.0 Å². The Kier molecular flexibility index (Phi) is 7.91. The van der Waals surface area contributed by atoms with Crippen molar-refractivity contribution in [3.05, 3.63) is 41.3 Å². The highest BCUT2D eigenvalue weighted by atomic mass is 32.5. The number of nitrogens with two attached hydrogens (primary N) is 1. The number of alkyl halides is 2. The second-order valence-corrected chi connectivity index (χ2v) is 14.9. The highest BCUT2D eigenvalue weighted by Gasteiger charge is 2.53. The molecule has 17 nitrogen and oxygen atoms in total. The van der Waals surface area contributed by atoms with Crippen molar-refractivity contribution in [2.45, 2.75) is 49.2 Å². The van der Waals surface area contributed by atoms with Crippen LogP contribution in [0.15, 0.2) is 30.0 Å². The molecule has 10 atom stereocenters. The quantitative estimate of drug-likeness (QED) is 0.222. The second-order valence-electron chi connectivity index (χ2n) is 10.6. The Morgan fingerprint density at radius 3 is 2.37 bits per heavy atom. The van der Waals surface area contributed by atoms with Crippen molar-refractivity contribution < 1.29 is 50.2 Å². The summed E-state index contributed by atoms with van der Waals surface area (Å²) in [5.74, 6) is -0.971. The molecule has 24 heteroatoms. The lowest BCUT2D eigenvalue weighted by Crippen LogP contribution is -2.37. The zero-order valence-electron chi connectivity index (χ0n) is 23.3. The first-order valence-electron chi connectivity index (χ1n) is 13.4. The third-order valence-corrected chi connectivity index (χ3v) is 10.3. The molecule has 3 aliphatic rings. The number of hydrogen-bond acceptors (Lipinski definition) is 14. The SMILES string of the molecule is [B]P1(=O)OC[C@H]2O[C@@H](n3cc(F)c4c(=O)n(C)cnc43)[C@@H](F)C2OP(O)(=S)OC[C@H]2O[C@@H](n3cnc4c(N)ncnc43)C(F)[C@H]2O1. The molecule has 7 heterocycles. The summed E-state index contributed by atoms with van der Waals surface area (Å²) in [4.78, 5) is 39.4. The molecule has 4 aromatic rings. The van der Waals surface area contributed by atoms with Crippen molar-refractivity contribution >= 4 is 61.6 Å². The van der Waals surface area contributed by atoms with Gasteiger partial charge in [0.1, 0.15) is 41.6 Å². The lowest BCUT2D eigenvalue weighted by molar-refractivity contribution is -0.0565. The summed E-state index contributed by atoms with van der Waals surface area (Å²) in [6.45, 7) is -5.84. The zero-order valence-corrected chi connectivity index (χ0v) is 25.9. The number of nitrogens with zero attached hydrogens (tertiary/aromatic N) is 7. The molecule has 0 saturated carbocycles. The van der Waals surface area contributed by atoms with Gasteiger partial charge in [0.2, 0.25) is 7.57 Å². The number of anilines is 1. The average molecular weight is 704 g/mol. The molecule has 0 bridgehead atoms. The fourth-order valence-corrected chi connectivity index (χ4v) is 7.96. The predicted octanol–water partition coefficient (Wildman–Crippen LogP) is 1.08. The molecule has 3 aliphatic heterocycles. The first-order valence-corrected chi connectivity index (χ1v) is 17.6. The summed E-state index contributed by atoms with van der Waals surface area (Å²) in [7, 11) is 2.52. The minimum absolute atomic E-state index is 0.0259. The monoisotopic (exact) mass is 704 g/mol. The molecule has 2 radical (unpaired) electrons. The van der Waals surface area contributed by atoms with Crippen LogP contribution in [0.3, 0.4) is 0 Å². The minimum atomic E-state index is -4.65. The van der Waals surface area contributed by atoms with Crippen molar-refractivity contribution in [2.75, 3.05) is 18.9 Å². The van der Waals surface area contributed by atoms with Gasteiger partial charge < -0.3 is 38.2 Å². The summed E-state index contributed by atoms with van der Waals surface area (Å²) < 4.78 is 96.3. The average Bonchev–Trinajstić information content (AvgIpc) is 3.73. The van der Waals surface area contributed by atoms with Crippen LogP contribution in [0.25, 0.3) is 22.2 Å². The third-order valence-electron chi connectivity index (χ3n) is 7.66. The second kappa shape index (κ2) is 11.4. The molecule has 244 valence electrons. The van der Waals surface area contributed by atoms with Gasteiger partial charge in [-0.1, -0.05) is 0 Å². The van der Waals surface area contributed by atoms with Gasteiger partial charge in [0.05, 0.1) is 25.9 Å². The van der Waals surface area contributed by atoms with Gasteiger partial charge in [0.15, 0.2) is 47.7 Å². The van der Waals surface area contributed by atoms with Crippen LogP contribution in [0.1, 0.15) is 12.5 Å². The Labute approximate surface area is 261 Å². The molecular formula is C22H22BF3N8O9P2S. The molecule has 4 unspecified atom stereocenters. The Morgan fingerprint density at radius 2 is 1.65 bits per heavy atom. The Bertz CT molecular complexity index is 2000. The molecule has 46 heavy (non-hydrogen) atoms. The van der Waals surface area contributed by atoms with Gasteiger partial charge in [-0.2, -0.15) is 0 Å². The van der Waals surface area contributed by atoms with Crippen LogP contribution < -0.4 is 11.3 Å². The number of hydrogen-bond donors (Lipinski definition) is 2. The van der Waals surface area contributed by atoms with E-state index >= 15 is 8.78 Å². The van der Waals surface area contributed by atoms with E-state index in [9.17, 15) is 18.6 Å². The smallest absolute Gasteiger partial charge is 0.325 e. The number of aromatic nitrogens is 7. The van der Waals surface area contributed by atoms with E-state index < -0.39 is 93.4 Å². The normalized spacial score (nSPS) is 37.2. The van der Waals surface area contributed by atoms with Crippen molar-refractivity contribution in [1.82, 2.24) is 33.6 Å². The summed E-state index contributed by atoms with van der Waals surface area (Å²) in [6, 6.07) is 0. The highest BCUT2D eigenvalue weighted by Crippen LogP contribution is 2.54. The van der Waals surface area contributed by atoms with Crippen LogP contribution in [0, 0.1) is 5.82 Å². The van der Waals surface area contributed by atoms with Crippen LogP contribution in [0.2, 0.25) is 0 Å². The van der Waals surface area contributed by atoms with E-state index in [0.29, 0.717) is 0 Å². The molecule has 3 saturated heterocycles. The fraction of sp³-hybridized carbons (Fsp3) is 0.500. The minimum Gasteiger partial charge on any atom is -0.382 e. The van der Waals surface area contributed by atoms with Crippen molar-refractivity contribution in [1.29, 1.82) is 0 Å². The van der Waals surface area contributed by atoms with E-state index in [4.69, 9.17) is 52.7 Å². The maximum atomic E-state index is 16.0. The van der Waals surface area contributed by atoms with Crippen molar-refractivity contribution in [3.63, 3.8) is 0 Å². The number of fused-ring (bicyclic) bond motifs is 4. The third kappa shape index (κ3) is 5.39. The van der Waals surface area contributed by atoms with Crippen LogP contribution in [0.4, 0.5) is 19.0 Å². The van der Waals surface area contributed by atoms with Gasteiger partial charge in [-0.15, -0.1) is 0 Å². The van der Waals surface area contributed by atoms with E-state index in [1.54, 1.807) is 0 Å². The summed E-state index contributed by atoms with van der Waals surface area (Å²) in [5.41, 5.74) is 5.11. The van der Waals surface area contributed by atoms with Gasteiger partial charge >= 0.3 is 6.72 Å². The first-order chi connectivity index (χ1) is 21.7. The maximum absolute atomic E-state index is 16.0. The molecule has 0 aliphatic carbocycles. The maximum Gasteiger partial charge on any atom is 0.325 e. The number of aryl methyl sites for hydroxylation is 1. The fourth-order valence-electron chi connectivity index (χ4n) is 5.52. The van der Waals surface area contributed by atoms with Gasteiger partial charge in [-0.05, 0) is 11.8 Å². The Balaban J connectivity index is 1.18. The van der Waals surface area contributed by atoms with Gasteiger partial charge in [-0.3, -0.25) is 23.0 Å². The van der Waals surface area contributed by atoms with Crippen molar-refractivity contribution in [3.8, 4) is 0 Å². The summed E-state index contributed by atoms with van der Waals surface area (Å²) >= 11 is 5.11. The lowest BCUT2D eigenvalue weighted by atomic mass is 10.1. The number of nitrogen functional groups attached to an aromatic ring is 1. The largest absolute Gasteiger partial charge is 0.382 e. The standard InChI is InChI=1S/C22H22BF3N8O9P2S/c1-32-6-31-18-11(20(32)35)8(24)2-33(18)21-13(26)16-9(40-21)3-38-44(23,36)42-15-10(4-39-45(37,46)43-16)41-22(12(15)25)34-7-30-14-17(27)28-5-29-19(14)34/h2,5-7,9-10,12-13,15-16,21-22H,3-4H2,1H3,(H,37,46)(H2,27,28,29)/t9-,10-,12?,13+,15+,16?,21-,22-,44?,45?/m1/s1. The number of rotatable bonds is 2. The lowest BCUT2D eigenvalue weighted by Gasteiger charge is -2.29. The molecule has 7 rings (SSSR count). The van der Waals surface area contributed by atoms with Crippen molar-refractivity contribution in [2.24, 2.45) is 7.05 Å². The van der Waals surface area contributed by atoms with E-state index in [0.717, 1.165) is 28.0 Å². The molecule has 4 aromatic heterocycles. The van der Waals surface area contributed by atoms with Crippen LogP contribution in [0.5, 0.6) is 0 Å². The van der Waals surface area contributed by atoms with Crippen LogP contribution in [-0.2, 0) is 51.0 Å². The van der Waals surface area contributed by atoms with E-state index in [1.807, 2.05) is 0 Å². The summed E-state index contributed by atoms with van der Waals surface area (Å²) in [6.07, 6.45) is -9.59. The Hall–Kier alpha value is -2.78. The zero-order chi connectivity index (χ0) is 32.7. The van der Waals surface area contributed by atoms with E-state index in [2.05, 4.69) is 19.9 Å². The number of halogens is 3. The number of imidazole rings is 1. The van der Waals surface area contributed by atoms with Crippen LogP contribution >= 0.6 is 14.2 Å². The molecule has 0 aromatic carbocycles. The molecule has 3 fully saturated rings. The number of ether oxygens (including phenoxy) is 2. The van der Waals surface area contributed by atoms with E-state index in [1.165, 1.54) is 17.9 Å². The van der Waals surface area contributed by atoms with Gasteiger partial charge in [-0.25, -0.2) is 33.1 Å². The Morgan fingerprint density at radius 1 is 1.00 bits per heavy atom. The summed E-state index contributed by atoms with van der Waals surface area (Å²) in [5, 5.41) is -0.426. The highest BCUT2D eigenvalue weighted by molar-refractivity contribution is 8.07. The molecular weight excluding hydrogens is 682 g/mol. The van der Waals surface area contributed by atoms with E-state index in [-0.39, 0.29) is 22.6 Å². The molecule has 3 N–H and O–H groups in total. The van der Waals surface area contributed by atoms with Crippen LogP contribution in [-0.4, -0.2) is 96.1 Å². The predicted molar refractivity (Wildman–Crippen MR) is 154 cm³/mol. The topological polar surface area (TPSA) is 202 Å². The first kappa shape index (κ1) is 31.8. The molecule has 0 amide bonds.